The molecule has 2 heterocycles. The Kier molecular flexibility index (Phi) is 5.48. The Hall–Kier alpha value is -2.63. The molecule has 0 spiro atoms. The predicted molar refractivity (Wildman–Crippen MR) is 95.1 cm³/mol. The van der Waals surface area contributed by atoms with Crippen LogP contribution in [0, 0.1) is 0 Å². The largest absolute Gasteiger partial charge is 0.349 e. The molecule has 2 N–H and O–H groups in total. The highest BCUT2D eigenvalue weighted by Crippen LogP contribution is 2.24. The first kappa shape index (κ1) is 17.2. The van der Waals surface area contributed by atoms with Crippen molar-refractivity contribution in [2.24, 2.45) is 0 Å². The molecule has 1 saturated heterocycles. The molecule has 1 aliphatic heterocycles. The van der Waals surface area contributed by atoms with Crippen molar-refractivity contribution in [2.45, 2.75) is 38.1 Å². The van der Waals surface area contributed by atoms with Gasteiger partial charge in [-0.15, -0.1) is 0 Å². The number of carbonyl (C=O) groups excluding carboxylic acids is 2. The second kappa shape index (κ2) is 7.96. The molecule has 0 radical (unpaired) electrons. The number of piperidine rings is 1. The van der Waals surface area contributed by atoms with Gasteiger partial charge < -0.3 is 10.2 Å². The lowest BCUT2D eigenvalue weighted by Gasteiger charge is -2.34. The summed E-state index contributed by atoms with van der Waals surface area (Å²) < 4.78 is 0. The van der Waals surface area contributed by atoms with Gasteiger partial charge in [0.25, 0.3) is 5.91 Å². The number of amides is 2. The Morgan fingerprint density at radius 3 is 2.60 bits per heavy atom. The molecule has 1 aliphatic rings. The van der Waals surface area contributed by atoms with E-state index in [0.717, 1.165) is 24.8 Å². The average molecular weight is 340 g/mol. The van der Waals surface area contributed by atoms with Crippen LogP contribution < -0.4 is 5.32 Å². The van der Waals surface area contributed by atoms with Gasteiger partial charge in [0, 0.05) is 25.3 Å². The van der Waals surface area contributed by atoms with E-state index in [1.807, 2.05) is 42.2 Å². The van der Waals surface area contributed by atoms with Gasteiger partial charge in [-0.25, -0.2) is 0 Å². The van der Waals surface area contributed by atoms with E-state index in [4.69, 9.17) is 0 Å². The fourth-order valence-electron chi connectivity index (χ4n) is 3.35. The first-order valence-corrected chi connectivity index (χ1v) is 8.82. The minimum atomic E-state index is -0.116. The minimum absolute atomic E-state index is 0.0849. The van der Waals surface area contributed by atoms with Gasteiger partial charge in [-0.3, -0.25) is 14.7 Å². The third-order valence-corrected chi connectivity index (χ3v) is 4.81. The molecule has 1 atom stereocenters. The molecule has 1 aromatic heterocycles. The smallest absolute Gasteiger partial charge is 0.254 e. The van der Waals surface area contributed by atoms with Gasteiger partial charge in [0.05, 0.1) is 17.7 Å². The summed E-state index contributed by atoms with van der Waals surface area (Å²) in [5.41, 5.74) is 1.61. The summed E-state index contributed by atoms with van der Waals surface area (Å²) >= 11 is 0. The molecule has 2 aromatic rings. The van der Waals surface area contributed by atoms with Gasteiger partial charge in [0.15, 0.2) is 0 Å². The Morgan fingerprint density at radius 1 is 1.28 bits per heavy atom. The minimum Gasteiger partial charge on any atom is -0.349 e. The van der Waals surface area contributed by atoms with Gasteiger partial charge in [-0.05, 0) is 24.8 Å². The van der Waals surface area contributed by atoms with Gasteiger partial charge in [-0.1, -0.05) is 37.3 Å². The molecule has 1 fully saturated rings. The van der Waals surface area contributed by atoms with Crippen molar-refractivity contribution in [1.29, 1.82) is 0 Å². The number of nitrogens with one attached hydrogen (secondary N) is 2. The van der Waals surface area contributed by atoms with Crippen molar-refractivity contribution in [3.8, 4) is 0 Å². The van der Waals surface area contributed by atoms with Crippen molar-refractivity contribution in [2.75, 3.05) is 13.1 Å². The lowest BCUT2D eigenvalue weighted by atomic mass is 9.93. The van der Waals surface area contributed by atoms with Crippen molar-refractivity contribution >= 4 is 11.8 Å². The van der Waals surface area contributed by atoms with Crippen LogP contribution in [-0.4, -0.2) is 46.0 Å². The summed E-state index contributed by atoms with van der Waals surface area (Å²) in [6.07, 6.45) is 5.44. The average Bonchev–Trinajstić information content (AvgIpc) is 3.19. The van der Waals surface area contributed by atoms with E-state index in [-0.39, 0.29) is 23.8 Å². The highest BCUT2D eigenvalue weighted by atomic mass is 16.2. The van der Waals surface area contributed by atoms with E-state index in [1.165, 1.54) is 6.20 Å². The second-order valence-corrected chi connectivity index (χ2v) is 6.43. The van der Waals surface area contributed by atoms with E-state index in [1.54, 1.807) is 6.20 Å². The normalized spacial score (nSPS) is 16.4. The molecule has 2 amide bonds. The molecule has 1 aromatic carbocycles. The van der Waals surface area contributed by atoms with E-state index in [0.29, 0.717) is 18.7 Å². The topological polar surface area (TPSA) is 78.1 Å². The van der Waals surface area contributed by atoms with Crippen LogP contribution in [0.2, 0.25) is 0 Å². The van der Waals surface area contributed by atoms with Crippen LogP contribution in [0.25, 0.3) is 0 Å². The predicted octanol–water partition coefficient (Wildman–Crippen LogP) is 2.32. The molecule has 6 nitrogen and oxygen atoms in total. The Morgan fingerprint density at radius 2 is 2.00 bits per heavy atom. The zero-order chi connectivity index (χ0) is 17.6. The van der Waals surface area contributed by atoms with Crippen molar-refractivity contribution in [3.05, 3.63) is 53.9 Å². The van der Waals surface area contributed by atoms with Crippen LogP contribution in [-0.2, 0) is 4.79 Å². The van der Waals surface area contributed by atoms with E-state index < -0.39 is 0 Å². The van der Waals surface area contributed by atoms with Gasteiger partial charge in [0.1, 0.15) is 0 Å². The summed E-state index contributed by atoms with van der Waals surface area (Å²) in [5.74, 6) is -0.0131. The number of likely N-dealkylation sites (tertiary alicyclic amines) is 1. The molecule has 1 unspecified atom stereocenters. The molecule has 132 valence electrons. The van der Waals surface area contributed by atoms with Crippen LogP contribution >= 0.6 is 0 Å². The maximum atomic E-state index is 12.9. The molecule has 0 aliphatic carbocycles. The number of benzene rings is 1. The van der Waals surface area contributed by atoms with Crippen LogP contribution in [0.15, 0.2) is 42.7 Å². The standard InChI is InChI=1S/C19H24N4O2/c1-2-17(14-6-4-3-5-7-14)19(25)23-10-8-16(9-11-23)22-18(24)15-12-20-21-13-15/h3-7,12-13,16-17H,2,8-11H2,1H3,(H,20,21)(H,22,24). The molecular formula is C19H24N4O2. The van der Waals surface area contributed by atoms with E-state index >= 15 is 0 Å². The van der Waals surface area contributed by atoms with Crippen molar-refractivity contribution < 1.29 is 9.59 Å². The fourth-order valence-corrected chi connectivity index (χ4v) is 3.35. The number of hydrogen-bond donors (Lipinski definition) is 2. The zero-order valence-corrected chi connectivity index (χ0v) is 14.4. The van der Waals surface area contributed by atoms with Gasteiger partial charge >= 0.3 is 0 Å². The van der Waals surface area contributed by atoms with Crippen LogP contribution in [0.5, 0.6) is 0 Å². The zero-order valence-electron chi connectivity index (χ0n) is 14.4. The Labute approximate surface area is 147 Å². The van der Waals surface area contributed by atoms with E-state index in [9.17, 15) is 9.59 Å². The van der Waals surface area contributed by atoms with Gasteiger partial charge in [-0.2, -0.15) is 5.10 Å². The SMILES string of the molecule is CCC(C(=O)N1CCC(NC(=O)c2cn[nH]c2)CC1)c1ccccc1. The Balaban J connectivity index is 1.54. The number of aromatic amines is 1. The number of rotatable bonds is 5. The summed E-state index contributed by atoms with van der Waals surface area (Å²) in [7, 11) is 0. The maximum absolute atomic E-state index is 12.9. The molecule has 0 saturated carbocycles. The molecule has 6 heteroatoms. The molecule has 25 heavy (non-hydrogen) atoms. The molecular weight excluding hydrogens is 316 g/mol. The van der Waals surface area contributed by atoms with Crippen molar-refractivity contribution in [1.82, 2.24) is 20.4 Å². The quantitative estimate of drug-likeness (QED) is 0.877. The summed E-state index contributed by atoms with van der Waals surface area (Å²) in [4.78, 5) is 26.9. The van der Waals surface area contributed by atoms with Crippen LogP contribution in [0.4, 0.5) is 0 Å². The summed E-state index contributed by atoms with van der Waals surface area (Å²) in [5, 5.41) is 9.45. The number of carbonyl (C=O) groups is 2. The third kappa shape index (κ3) is 4.07. The van der Waals surface area contributed by atoms with E-state index in [2.05, 4.69) is 15.5 Å². The Bertz CT molecular complexity index is 691. The first-order valence-electron chi connectivity index (χ1n) is 8.82. The lowest BCUT2D eigenvalue weighted by Crippen LogP contribution is -2.47. The van der Waals surface area contributed by atoms with Crippen LogP contribution in [0.3, 0.4) is 0 Å². The number of H-pyrrole nitrogens is 1. The lowest BCUT2D eigenvalue weighted by molar-refractivity contribution is -0.134. The van der Waals surface area contributed by atoms with Crippen LogP contribution in [0.1, 0.15) is 48.0 Å². The third-order valence-electron chi connectivity index (χ3n) is 4.81. The summed E-state index contributed by atoms with van der Waals surface area (Å²) in [6, 6.07) is 10.1. The molecule has 0 bridgehead atoms. The number of aromatic nitrogens is 2. The summed E-state index contributed by atoms with van der Waals surface area (Å²) in [6.45, 7) is 3.41. The first-order chi connectivity index (χ1) is 12.2. The molecule has 3 rings (SSSR count). The fraction of sp³-hybridized carbons (Fsp3) is 0.421. The monoisotopic (exact) mass is 340 g/mol. The highest BCUT2D eigenvalue weighted by molar-refractivity contribution is 5.93. The van der Waals surface area contributed by atoms with Gasteiger partial charge in [0.2, 0.25) is 5.91 Å². The highest BCUT2D eigenvalue weighted by Gasteiger charge is 2.28. The number of hydrogen-bond acceptors (Lipinski definition) is 3. The second-order valence-electron chi connectivity index (χ2n) is 6.43. The number of nitrogens with zero attached hydrogens (tertiary/aromatic N) is 2. The maximum Gasteiger partial charge on any atom is 0.254 e. The van der Waals surface area contributed by atoms with Crippen molar-refractivity contribution in [3.63, 3.8) is 0 Å².